The van der Waals surface area contributed by atoms with Crippen molar-refractivity contribution in [2.24, 2.45) is 0 Å². The third-order valence-electron chi connectivity index (χ3n) is 12.0. The molecule has 0 amide bonds. The minimum Gasteiger partial charge on any atom is -0.309 e. The molecule has 10 aromatic carbocycles. The normalized spacial score (nSPS) is 11.6. The van der Waals surface area contributed by atoms with Crippen molar-refractivity contribution in [3.05, 3.63) is 218 Å². The molecule has 0 saturated heterocycles. The van der Waals surface area contributed by atoms with E-state index in [9.17, 15) is 0 Å². The molecule has 0 N–H and O–H groups in total. The third kappa shape index (κ3) is 5.96. The zero-order valence-electron chi connectivity index (χ0n) is 33.1. The standard InChI is InChI=1S/C57H36N4/c1-2-14-38(15-3-1)47-24-11-18-40-19-12-25-49(53(40)47)43-20-10-21-44(36-43)56-58-55(59-57(60-56)45-28-27-37-13-4-5-17-42(37)35-45)41-29-32-46(33-30-41)61-51-26-9-8-23-50(51)54-48-22-7-6-16-39(48)31-34-52(54)61/h1-36H. The Bertz CT molecular complexity index is 3640. The summed E-state index contributed by atoms with van der Waals surface area (Å²) in [5.41, 5.74) is 10.9. The molecular weight excluding hydrogens is 741 g/mol. The van der Waals surface area contributed by atoms with E-state index in [4.69, 9.17) is 15.0 Å². The maximum atomic E-state index is 5.22. The summed E-state index contributed by atoms with van der Waals surface area (Å²) in [5, 5.41) is 9.73. The molecule has 0 radical (unpaired) electrons. The van der Waals surface area contributed by atoms with Gasteiger partial charge in [0.15, 0.2) is 17.5 Å². The first-order chi connectivity index (χ1) is 30.2. The molecule has 0 spiro atoms. The van der Waals surface area contributed by atoms with Crippen LogP contribution in [0.1, 0.15) is 0 Å². The Morgan fingerprint density at radius 3 is 1.61 bits per heavy atom. The molecule has 0 atom stereocenters. The van der Waals surface area contributed by atoms with Gasteiger partial charge in [0.2, 0.25) is 0 Å². The highest BCUT2D eigenvalue weighted by atomic mass is 15.0. The summed E-state index contributed by atoms with van der Waals surface area (Å²) < 4.78 is 2.36. The fourth-order valence-corrected chi connectivity index (χ4v) is 9.13. The van der Waals surface area contributed by atoms with Crippen LogP contribution in [0.15, 0.2) is 218 Å². The van der Waals surface area contributed by atoms with Gasteiger partial charge in [0.05, 0.1) is 11.0 Å². The molecule has 0 aliphatic carbocycles. The van der Waals surface area contributed by atoms with Gasteiger partial charge in [0.1, 0.15) is 0 Å². The van der Waals surface area contributed by atoms with Gasteiger partial charge in [-0.2, -0.15) is 0 Å². The highest BCUT2D eigenvalue weighted by Gasteiger charge is 2.18. The number of benzene rings is 10. The van der Waals surface area contributed by atoms with Crippen LogP contribution >= 0.6 is 0 Å². The van der Waals surface area contributed by atoms with Crippen LogP contribution in [-0.4, -0.2) is 19.5 Å². The maximum Gasteiger partial charge on any atom is 0.164 e. The van der Waals surface area contributed by atoms with E-state index in [0.29, 0.717) is 17.5 Å². The molecule has 0 fully saturated rings. The van der Waals surface area contributed by atoms with Gasteiger partial charge in [-0.05, 0) is 103 Å². The molecule has 4 heteroatoms. The first-order valence-electron chi connectivity index (χ1n) is 20.7. The molecule has 0 aliphatic rings. The summed E-state index contributed by atoms with van der Waals surface area (Å²) in [7, 11) is 0. The summed E-state index contributed by atoms with van der Waals surface area (Å²) in [6.07, 6.45) is 0. The molecule has 0 saturated carbocycles. The van der Waals surface area contributed by atoms with Crippen molar-refractivity contribution in [2.75, 3.05) is 0 Å². The highest BCUT2D eigenvalue weighted by Crippen LogP contribution is 2.39. The van der Waals surface area contributed by atoms with Crippen LogP contribution in [0.4, 0.5) is 0 Å². The van der Waals surface area contributed by atoms with Crippen LogP contribution < -0.4 is 0 Å². The molecule has 12 rings (SSSR count). The van der Waals surface area contributed by atoms with Gasteiger partial charge < -0.3 is 4.57 Å². The van der Waals surface area contributed by atoms with Crippen LogP contribution in [0.25, 0.3) is 116 Å². The Balaban J connectivity index is 1.01. The number of rotatable bonds is 6. The lowest BCUT2D eigenvalue weighted by Crippen LogP contribution is -2.01. The summed E-state index contributed by atoms with van der Waals surface area (Å²) in [6.45, 7) is 0. The first-order valence-corrected chi connectivity index (χ1v) is 20.7. The predicted octanol–water partition coefficient (Wildman–Crippen LogP) is 14.8. The SMILES string of the molecule is c1ccc(-c2cccc3cccc(-c4cccc(-c5nc(-c6ccc(-n7c8ccccc8c8c9ccccc9ccc87)cc6)nc(-c6ccc7ccccc7c6)n5)c4)c23)cc1. The molecule has 0 aliphatic heterocycles. The van der Waals surface area contributed by atoms with E-state index in [-0.39, 0.29) is 0 Å². The monoisotopic (exact) mass is 776 g/mol. The lowest BCUT2D eigenvalue weighted by atomic mass is 9.91. The largest absolute Gasteiger partial charge is 0.309 e. The molecule has 0 bridgehead atoms. The Morgan fingerprint density at radius 1 is 0.279 bits per heavy atom. The fraction of sp³-hybridized carbons (Fsp3) is 0. The quantitative estimate of drug-likeness (QED) is 0.169. The topological polar surface area (TPSA) is 43.6 Å². The van der Waals surface area contributed by atoms with Gasteiger partial charge in [0, 0.05) is 33.2 Å². The Morgan fingerprint density at radius 2 is 0.820 bits per heavy atom. The second-order valence-corrected chi connectivity index (χ2v) is 15.6. The average molecular weight is 777 g/mol. The summed E-state index contributed by atoms with van der Waals surface area (Å²) in [4.78, 5) is 15.6. The van der Waals surface area contributed by atoms with E-state index in [0.717, 1.165) is 38.9 Å². The van der Waals surface area contributed by atoms with Crippen molar-refractivity contribution in [1.82, 2.24) is 19.5 Å². The first kappa shape index (κ1) is 34.8. The number of aromatic nitrogens is 4. The molecule has 2 aromatic heterocycles. The summed E-state index contributed by atoms with van der Waals surface area (Å²) in [5.74, 6) is 1.87. The van der Waals surface area contributed by atoms with E-state index in [2.05, 4.69) is 223 Å². The molecule has 2 heterocycles. The Hall–Kier alpha value is -8.21. The van der Waals surface area contributed by atoms with Gasteiger partial charge in [-0.25, -0.2) is 15.0 Å². The van der Waals surface area contributed by atoms with E-state index >= 15 is 0 Å². The Labute approximate surface area is 352 Å². The van der Waals surface area contributed by atoms with Crippen LogP contribution in [0.2, 0.25) is 0 Å². The van der Waals surface area contributed by atoms with Gasteiger partial charge in [0.25, 0.3) is 0 Å². The second kappa shape index (κ2) is 14.3. The van der Waals surface area contributed by atoms with E-state index < -0.39 is 0 Å². The molecule has 284 valence electrons. The van der Waals surface area contributed by atoms with Crippen molar-refractivity contribution in [2.45, 2.75) is 0 Å². The van der Waals surface area contributed by atoms with E-state index in [1.807, 2.05) is 0 Å². The number of nitrogens with zero attached hydrogens (tertiary/aromatic N) is 4. The van der Waals surface area contributed by atoms with Gasteiger partial charge in [-0.1, -0.05) is 170 Å². The van der Waals surface area contributed by atoms with Crippen LogP contribution in [0.5, 0.6) is 0 Å². The van der Waals surface area contributed by atoms with Crippen molar-refractivity contribution in [3.63, 3.8) is 0 Å². The molecule has 12 aromatic rings. The number of para-hydroxylation sites is 1. The van der Waals surface area contributed by atoms with Gasteiger partial charge in [-0.15, -0.1) is 0 Å². The zero-order valence-corrected chi connectivity index (χ0v) is 33.1. The lowest BCUT2D eigenvalue weighted by Gasteiger charge is -2.14. The molecule has 61 heavy (non-hydrogen) atoms. The van der Waals surface area contributed by atoms with Crippen LogP contribution in [0.3, 0.4) is 0 Å². The minimum absolute atomic E-state index is 0.620. The molecule has 4 nitrogen and oxygen atoms in total. The maximum absolute atomic E-state index is 5.22. The van der Waals surface area contributed by atoms with Crippen molar-refractivity contribution >= 4 is 54.1 Å². The highest BCUT2D eigenvalue weighted by molar-refractivity contribution is 6.21. The second-order valence-electron chi connectivity index (χ2n) is 15.6. The van der Waals surface area contributed by atoms with Crippen molar-refractivity contribution < 1.29 is 0 Å². The number of hydrogen-bond donors (Lipinski definition) is 0. The van der Waals surface area contributed by atoms with Crippen molar-refractivity contribution in [1.29, 1.82) is 0 Å². The predicted molar refractivity (Wildman–Crippen MR) is 254 cm³/mol. The summed E-state index contributed by atoms with van der Waals surface area (Å²) >= 11 is 0. The van der Waals surface area contributed by atoms with Crippen LogP contribution in [-0.2, 0) is 0 Å². The van der Waals surface area contributed by atoms with E-state index in [1.165, 1.54) is 59.9 Å². The number of fused-ring (bicyclic) bond motifs is 7. The minimum atomic E-state index is 0.620. The molecule has 0 unspecified atom stereocenters. The molecular formula is C57H36N4. The summed E-state index contributed by atoms with van der Waals surface area (Å²) in [6, 6.07) is 77.6. The fourth-order valence-electron chi connectivity index (χ4n) is 9.13. The van der Waals surface area contributed by atoms with Crippen LogP contribution in [0, 0.1) is 0 Å². The smallest absolute Gasteiger partial charge is 0.164 e. The number of hydrogen-bond acceptors (Lipinski definition) is 3. The average Bonchev–Trinajstić information content (AvgIpc) is 3.68. The van der Waals surface area contributed by atoms with Gasteiger partial charge in [-0.3, -0.25) is 0 Å². The van der Waals surface area contributed by atoms with E-state index in [1.54, 1.807) is 0 Å². The Kier molecular flexibility index (Phi) is 8.13. The van der Waals surface area contributed by atoms with Crippen molar-refractivity contribution in [3.8, 4) is 62.1 Å². The third-order valence-corrected chi connectivity index (χ3v) is 12.0. The zero-order chi connectivity index (χ0) is 40.3. The van der Waals surface area contributed by atoms with Gasteiger partial charge >= 0.3 is 0 Å². The lowest BCUT2D eigenvalue weighted by molar-refractivity contribution is 1.07.